The summed E-state index contributed by atoms with van der Waals surface area (Å²) < 4.78 is 38.0. The first-order valence-corrected chi connectivity index (χ1v) is 6.89. The van der Waals surface area contributed by atoms with Crippen molar-refractivity contribution in [1.29, 1.82) is 0 Å². The molecule has 0 aliphatic rings. The molecule has 0 bridgehead atoms. The Bertz CT molecular complexity index is 693. The minimum atomic E-state index is -4.46. The molecule has 0 heterocycles. The van der Waals surface area contributed by atoms with Crippen molar-refractivity contribution in [2.75, 3.05) is 5.32 Å². The number of amides is 1. The summed E-state index contributed by atoms with van der Waals surface area (Å²) in [6.45, 7) is 3.96. The van der Waals surface area contributed by atoms with Crippen LogP contribution < -0.4 is 5.32 Å². The molecule has 22 heavy (non-hydrogen) atoms. The number of aryl methyl sites for hydroxylation is 2. The number of carbonyl (C=O) groups is 1. The van der Waals surface area contributed by atoms with Crippen molar-refractivity contribution >= 4 is 11.6 Å². The second-order valence-electron chi connectivity index (χ2n) is 5.03. The van der Waals surface area contributed by atoms with Crippen LogP contribution in [0, 0.1) is 6.92 Å². The van der Waals surface area contributed by atoms with Crippen molar-refractivity contribution in [2.45, 2.75) is 26.4 Å². The highest BCUT2D eigenvalue weighted by molar-refractivity contribution is 6.04. The molecule has 2 nitrogen and oxygen atoms in total. The van der Waals surface area contributed by atoms with Crippen LogP contribution in [0.25, 0.3) is 0 Å². The number of hydrogen-bond acceptors (Lipinski definition) is 1. The molecule has 0 radical (unpaired) electrons. The topological polar surface area (TPSA) is 29.1 Å². The monoisotopic (exact) mass is 307 g/mol. The Morgan fingerprint density at radius 2 is 1.86 bits per heavy atom. The number of halogens is 3. The highest BCUT2D eigenvalue weighted by atomic mass is 19.4. The van der Waals surface area contributed by atoms with Crippen molar-refractivity contribution in [3.8, 4) is 0 Å². The van der Waals surface area contributed by atoms with Gasteiger partial charge in [-0.2, -0.15) is 13.2 Å². The first-order valence-electron chi connectivity index (χ1n) is 6.89. The van der Waals surface area contributed by atoms with Gasteiger partial charge in [-0.25, -0.2) is 0 Å². The van der Waals surface area contributed by atoms with Gasteiger partial charge in [-0.15, -0.1) is 0 Å². The highest BCUT2D eigenvalue weighted by Crippen LogP contribution is 2.29. The molecule has 0 saturated heterocycles. The van der Waals surface area contributed by atoms with Crippen LogP contribution in [0.15, 0.2) is 42.5 Å². The Balaban J connectivity index is 2.21. The van der Waals surface area contributed by atoms with E-state index in [2.05, 4.69) is 5.32 Å². The van der Waals surface area contributed by atoms with Gasteiger partial charge in [0.15, 0.2) is 0 Å². The molecule has 0 atom stereocenters. The molecule has 0 spiro atoms. The van der Waals surface area contributed by atoms with E-state index >= 15 is 0 Å². The van der Waals surface area contributed by atoms with Crippen LogP contribution in [0.2, 0.25) is 0 Å². The Hall–Kier alpha value is -2.30. The SMILES string of the molecule is CCc1ccc(NC(=O)c2cccc(C(F)(F)F)c2)cc1C. The number of nitrogens with one attached hydrogen (secondary N) is 1. The first-order chi connectivity index (χ1) is 10.3. The van der Waals surface area contributed by atoms with Crippen LogP contribution in [0.5, 0.6) is 0 Å². The van der Waals surface area contributed by atoms with Gasteiger partial charge in [-0.1, -0.05) is 19.1 Å². The number of alkyl halides is 3. The van der Waals surface area contributed by atoms with E-state index in [0.717, 1.165) is 29.7 Å². The molecule has 0 saturated carbocycles. The smallest absolute Gasteiger partial charge is 0.322 e. The Morgan fingerprint density at radius 3 is 2.45 bits per heavy atom. The summed E-state index contributed by atoms with van der Waals surface area (Å²) in [6, 6.07) is 9.83. The lowest BCUT2D eigenvalue weighted by Gasteiger charge is -2.11. The third kappa shape index (κ3) is 3.67. The molecule has 1 N–H and O–H groups in total. The highest BCUT2D eigenvalue weighted by Gasteiger charge is 2.30. The van der Waals surface area contributed by atoms with Gasteiger partial charge >= 0.3 is 6.18 Å². The normalized spacial score (nSPS) is 11.3. The molecule has 0 aliphatic carbocycles. The van der Waals surface area contributed by atoms with Crippen LogP contribution in [-0.4, -0.2) is 5.91 Å². The van der Waals surface area contributed by atoms with E-state index in [9.17, 15) is 18.0 Å². The van der Waals surface area contributed by atoms with Gasteiger partial charge < -0.3 is 5.32 Å². The van der Waals surface area contributed by atoms with Crippen molar-refractivity contribution < 1.29 is 18.0 Å². The molecule has 2 rings (SSSR count). The fourth-order valence-electron chi connectivity index (χ4n) is 2.21. The second-order valence-corrected chi connectivity index (χ2v) is 5.03. The lowest BCUT2D eigenvalue weighted by atomic mass is 10.1. The van der Waals surface area contributed by atoms with Crippen LogP contribution >= 0.6 is 0 Å². The Labute approximate surface area is 127 Å². The summed E-state index contributed by atoms with van der Waals surface area (Å²) in [4.78, 5) is 12.1. The molecule has 2 aromatic carbocycles. The lowest BCUT2D eigenvalue weighted by molar-refractivity contribution is -0.137. The van der Waals surface area contributed by atoms with Gasteiger partial charge in [0.25, 0.3) is 5.91 Å². The molecule has 0 aliphatic heterocycles. The summed E-state index contributed by atoms with van der Waals surface area (Å²) in [6.07, 6.45) is -3.58. The maximum absolute atomic E-state index is 12.7. The number of anilines is 1. The largest absolute Gasteiger partial charge is 0.416 e. The standard InChI is InChI=1S/C17H16F3NO/c1-3-12-7-8-15(9-11(12)2)21-16(22)13-5-4-6-14(10-13)17(18,19)20/h4-10H,3H2,1-2H3,(H,21,22). The third-order valence-corrected chi connectivity index (χ3v) is 3.43. The molecule has 0 aromatic heterocycles. The van der Waals surface area contributed by atoms with Crippen LogP contribution in [0.3, 0.4) is 0 Å². The molecule has 5 heteroatoms. The van der Waals surface area contributed by atoms with Gasteiger partial charge in [-0.3, -0.25) is 4.79 Å². The predicted octanol–water partition coefficient (Wildman–Crippen LogP) is 4.83. The fourth-order valence-corrected chi connectivity index (χ4v) is 2.21. The maximum atomic E-state index is 12.7. The van der Waals surface area contributed by atoms with Crippen LogP contribution in [0.4, 0.5) is 18.9 Å². The Kier molecular flexibility index (Phi) is 4.54. The molecule has 0 unspecified atom stereocenters. The summed E-state index contributed by atoms with van der Waals surface area (Å²) >= 11 is 0. The third-order valence-electron chi connectivity index (χ3n) is 3.43. The average Bonchev–Trinajstić information content (AvgIpc) is 2.46. The van der Waals surface area contributed by atoms with E-state index in [1.165, 1.54) is 12.1 Å². The molecule has 2 aromatic rings. The lowest BCUT2D eigenvalue weighted by Crippen LogP contribution is -2.14. The maximum Gasteiger partial charge on any atom is 0.416 e. The van der Waals surface area contributed by atoms with Crippen molar-refractivity contribution in [2.24, 2.45) is 0 Å². The molecule has 1 amide bonds. The van der Waals surface area contributed by atoms with Gasteiger partial charge in [0.05, 0.1) is 5.56 Å². The first kappa shape index (κ1) is 16.1. The van der Waals surface area contributed by atoms with Crippen molar-refractivity contribution in [3.63, 3.8) is 0 Å². The van der Waals surface area contributed by atoms with E-state index in [0.29, 0.717) is 5.69 Å². The van der Waals surface area contributed by atoms with Gasteiger partial charge in [0.2, 0.25) is 0 Å². The van der Waals surface area contributed by atoms with Crippen LogP contribution in [0.1, 0.15) is 34.0 Å². The Morgan fingerprint density at radius 1 is 1.14 bits per heavy atom. The van der Waals surface area contributed by atoms with E-state index in [-0.39, 0.29) is 5.56 Å². The fraction of sp³-hybridized carbons (Fsp3) is 0.235. The average molecular weight is 307 g/mol. The molecular weight excluding hydrogens is 291 g/mol. The molecule has 0 fully saturated rings. The van der Waals surface area contributed by atoms with Crippen molar-refractivity contribution in [3.05, 3.63) is 64.7 Å². The number of rotatable bonds is 3. The van der Waals surface area contributed by atoms with E-state index in [1.807, 2.05) is 26.0 Å². The zero-order chi connectivity index (χ0) is 16.3. The summed E-state index contributed by atoms with van der Waals surface area (Å²) in [5.74, 6) is -0.560. The number of hydrogen-bond donors (Lipinski definition) is 1. The second kappa shape index (κ2) is 6.22. The van der Waals surface area contributed by atoms with Crippen molar-refractivity contribution in [1.82, 2.24) is 0 Å². The van der Waals surface area contributed by atoms with E-state index in [4.69, 9.17) is 0 Å². The molecule has 116 valence electrons. The minimum Gasteiger partial charge on any atom is -0.322 e. The predicted molar refractivity (Wildman–Crippen MR) is 80.0 cm³/mol. The number of carbonyl (C=O) groups excluding carboxylic acids is 1. The van der Waals surface area contributed by atoms with Gasteiger partial charge in [0.1, 0.15) is 0 Å². The van der Waals surface area contributed by atoms with Gasteiger partial charge in [-0.05, 0) is 54.8 Å². The van der Waals surface area contributed by atoms with E-state index in [1.54, 1.807) is 6.07 Å². The van der Waals surface area contributed by atoms with Gasteiger partial charge in [0, 0.05) is 11.3 Å². The minimum absolute atomic E-state index is 0.0213. The summed E-state index contributed by atoms with van der Waals surface area (Å²) in [5.41, 5.74) is 1.91. The molecular formula is C17H16F3NO. The zero-order valence-electron chi connectivity index (χ0n) is 12.3. The summed E-state index contributed by atoms with van der Waals surface area (Å²) in [5, 5.41) is 2.62. The zero-order valence-corrected chi connectivity index (χ0v) is 12.3. The number of benzene rings is 2. The van der Waals surface area contributed by atoms with Crippen LogP contribution in [-0.2, 0) is 12.6 Å². The quantitative estimate of drug-likeness (QED) is 0.864. The summed E-state index contributed by atoms with van der Waals surface area (Å²) in [7, 11) is 0. The van der Waals surface area contributed by atoms with E-state index < -0.39 is 17.6 Å².